The summed E-state index contributed by atoms with van der Waals surface area (Å²) in [6.07, 6.45) is 6.09. The summed E-state index contributed by atoms with van der Waals surface area (Å²) < 4.78 is 1.67. The standard InChI is InChI=1S/C9H13.2HI.Zr/c1-3-8-6-5-7-9(8)4-2;;;/h6H,3-5H2,1-2H3;2*1H;. The van der Waals surface area contributed by atoms with Crippen LogP contribution in [0.25, 0.3) is 0 Å². The predicted octanol–water partition coefficient (Wildman–Crippen LogP) is 4.17. The maximum absolute atomic E-state index is 2.39. The van der Waals surface area contributed by atoms with Crippen molar-refractivity contribution in [2.45, 2.75) is 33.1 Å². The summed E-state index contributed by atoms with van der Waals surface area (Å²) in [6.45, 7) is 4.50. The van der Waals surface area contributed by atoms with Gasteiger partial charge in [0.1, 0.15) is 0 Å². The van der Waals surface area contributed by atoms with Gasteiger partial charge in [-0.3, -0.25) is 0 Å². The van der Waals surface area contributed by atoms with E-state index in [2.05, 4.69) is 19.9 Å². The maximum atomic E-state index is 2.39. The number of hydrogen-bond donors (Lipinski definition) is 0. The van der Waals surface area contributed by atoms with Gasteiger partial charge >= 0.3 is 78.3 Å². The molecule has 0 fully saturated rings. The van der Waals surface area contributed by atoms with Crippen molar-refractivity contribution in [1.29, 1.82) is 0 Å². The fourth-order valence-electron chi connectivity index (χ4n) is 1.46. The topological polar surface area (TPSA) is 0 Å². The third-order valence-electron chi connectivity index (χ3n) is 2.04. The zero-order valence-electron chi connectivity index (χ0n) is 7.52. The molecular weight excluding hydrogens is 453 g/mol. The summed E-state index contributed by atoms with van der Waals surface area (Å²) in [5, 5.41) is 0. The van der Waals surface area contributed by atoms with Crippen LogP contribution in [0.3, 0.4) is 0 Å². The first kappa shape index (κ1) is 16.3. The largest absolute Gasteiger partial charge is 0.107 e. The second-order valence-corrected chi connectivity index (χ2v) is 4.08. The molecule has 0 saturated heterocycles. The van der Waals surface area contributed by atoms with Crippen LogP contribution in [0.2, 0.25) is 0 Å². The van der Waals surface area contributed by atoms with Crippen LogP contribution in [0.1, 0.15) is 33.1 Å². The maximum Gasteiger partial charge on any atom is -0.107 e. The summed E-state index contributed by atoms with van der Waals surface area (Å²) in [6, 6.07) is 0. The van der Waals surface area contributed by atoms with Gasteiger partial charge < -0.3 is 0 Å². The smallest absolute Gasteiger partial charge is 0.107 e. The Morgan fingerprint density at radius 1 is 1.25 bits per heavy atom. The van der Waals surface area contributed by atoms with E-state index in [4.69, 9.17) is 0 Å². The van der Waals surface area contributed by atoms with E-state index in [1.165, 1.54) is 19.3 Å². The van der Waals surface area contributed by atoms with Crippen LogP contribution in [0.4, 0.5) is 0 Å². The third kappa shape index (κ3) is 3.91. The van der Waals surface area contributed by atoms with Gasteiger partial charge in [-0.25, -0.2) is 0 Å². The Bertz CT molecular complexity index is 195. The second kappa shape index (κ2) is 8.16. The van der Waals surface area contributed by atoms with Crippen LogP contribution in [-0.4, -0.2) is 0 Å². The van der Waals surface area contributed by atoms with Crippen molar-refractivity contribution in [3.8, 4) is 0 Å². The molecule has 0 unspecified atom stereocenters. The molecule has 0 saturated carbocycles. The Balaban J connectivity index is 0. The Morgan fingerprint density at radius 3 is 2.17 bits per heavy atom. The summed E-state index contributed by atoms with van der Waals surface area (Å²) in [5.74, 6) is 0. The molecule has 0 heterocycles. The fraction of sp³-hybridized carbons (Fsp3) is 0.556. The van der Waals surface area contributed by atoms with Crippen LogP contribution in [-0.2, 0) is 24.7 Å². The molecule has 0 N–H and O–H groups in total. The molecule has 0 amide bonds. The average Bonchev–Trinajstić information content (AvgIpc) is 2.30. The zero-order valence-corrected chi connectivity index (χ0v) is 14.6. The summed E-state index contributed by atoms with van der Waals surface area (Å²) >= 11 is 1.61. The van der Waals surface area contributed by atoms with Gasteiger partial charge in [-0.2, -0.15) is 0 Å². The molecule has 69 valence electrons. The molecular formula is C9H15I2Zr. The van der Waals surface area contributed by atoms with Crippen LogP contribution in [0.15, 0.2) is 20.5 Å². The summed E-state index contributed by atoms with van der Waals surface area (Å²) in [7, 11) is 0. The van der Waals surface area contributed by atoms with E-state index in [-0.39, 0.29) is 48.0 Å². The molecule has 0 nitrogen and oxygen atoms in total. The molecule has 0 aromatic carbocycles. The van der Waals surface area contributed by atoms with E-state index in [9.17, 15) is 0 Å². The second-order valence-electron chi connectivity index (χ2n) is 2.60. The fourth-order valence-corrected chi connectivity index (χ4v) is 2.54. The van der Waals surface area contributed by atoms with E-state index in [0.717, 1.165) is 0 Å². The number of rotatable bonds is 2. The van der Waals surface area contributed by atoms with Gasteiger partial charge in [-0.1, -0.05) is 0 Å². The van der Waals surface area contributed by atoms with E-state index in [1.54, 1.807) is 39.1 Å². The normalized spacial score (nSPS) is 14.9. The number of halogens is 2. The van der Waals surface area contributed by atoms with Crippen molar-refractivity contribution < 1.29 is 24.7 Å². The van der Waals surface area contributed by atoms with Crippen LogP contribution < -0.4 is 0 Å². The van der Waals surface area contributed by atoms with E-state index < -0.39 is 0 Å². The molecule has 0 spiro atoms. The van der Waals surface area contributed by atoms with Gasteiger partial charge in [0.25, 0.3) is 0 Å². The van der Waals surface area contributed by atoms with Crippen molar-refractivity contribution >= 4 is 48.0 Å². The van der Waals surface area contributed by atoms with Crippen molar-refractivity contribution in [1.82, 2.24) is 0 Å². The van der Waals surface area contributed by atoms with Crippen LogP contribution in [0.5, 0.6) is 0 Å². The molecule has 0 atom stereocenters. The Labute approximate surface area is 125 Å². The van der Waals surface area contributed by atoms with E-state index >= 15 is 0 Å². The van der Waals surface area contributed by atoms with Gasteiger partial charge in [0.15, 0.2) is 0 Å². The van der Waals surface area contributed by atoms with Crippen molar-refractivity contribution in [3.63, 3.8) is 0 Å². The quantitative estimate of drug-likeness (QED) is 0.534. The number of allylic oxidation sites excluding steroid dienone is 4. The first-order valence-electron chi connectivity index (χ1n) is 3.92. The minimum atomic E-state index is 0. The number of hydrogen-bond acceptors (Lipinski definition) is 0. The van der Waals surface area contributed by atoms with Crippen molar-refractivity contribution in [2.24, 2.45) is 0 Å². The predicted molar refractivity (Wildman–Crippen MR) is 71.1 cm³/mol. The van der Waals surface area contributed by atoms with E-state index in [1.807, 2.05) is 0 Å². The Morgan fingerprint density at radius 2 is 1.83 bits per heavy atom. The molecule has 0 aromatic heterocycles. The van der Waals surface area contributed by atoms with Gasteiger partial charge in [-0.15, -0.1) is 48.0 Å². The molecule has 1 rings (SSSR count). The van der Waals surface area contributed by atoms with E-state index in [0.29, 0.717) is 0 Å². The molecule has 0 aliphatic heterocycles. The zero-order chi connectivity index (χ0) is 7.56. The first-order valence-corrected chi connectivity index (χ1v) is 5.15. The molecule has 0 bridgehead atoms. The minimum Gasteiger partial charge on any atom is -0.107 e. The third-order valence-corrected chi connectivity index (χ3v) is 3.28. The molecule has 12 heavy (non-hydrogen) atoms. The van der Waals surface area contributed by atoms with Gasteiger partial charge in [0.05, 0.1) is 0 Å². The minimum absolute atomic E-state index is 0. The molecule has 1 aliphatic rings. The van der Waals surface area contributed by atoms with Gasteiger partial charge in [0, 0.05) is 0 Å². The Kier molecular flexibility index (Phi) is 11.1. The van der Waals surface area contributed by atoms with Gasteiger partial charge in [-0.05, 0) is 0 Å². The average molecular weight is 468 g/mol. The van der Waals surface area contributed by atoms with Crippen molar-refractivity contribution in [2.75, 3.05) is 0 Å². The van der Waals surface area contributed by atoms with Crippen molar-refractivity contribution in [3.05, 3.63) is 20.5 Å². The molecule has 0 radical (unpaired) electrons. The summed E-state index contributed by atoms with van der Waals surface area (Å²) in [4.78, 5) is 0. The monoisotopic (exact) mass is 467 g/mol. The molecule has 1 aliphatic carbocycles. The molecule has 0 aromatic rings. The molecule has 3 heteroatoms. The Hall–Kier alpha value is 1.82. The SMILES string of the molecule is CCC1=CC[C]([Zr])=C1CC.I.I. The van der Waals surface area contributed by atoms with Crippen LogP contribution in [0, 0.1) is 0 Å². The van der Waals surface area contributed by atoms with Gasteiger partial charge in [0.2, 0.25) is 0 Å². The first-order chi connectivity index (χ1) is 4.79. The summed E-state index contributed by atoms with van der Waals surface area (Å²) in [5.41, 5.74) is 3.26. The van der Waals surface area contributed by atoms with Crippen LogP contribution >= 0.6 is 48.0 Å².